The zero-order valence-corrected chi connectivity index (χ0v) is 11.3. The first-order valence-corrected chi connectivity index (χ1v) is 6.67. The summed E-state index contributed by atoms with van der Waals surface area (Å²) in [5.74, 6) is 0.380. The van der Waals surface area contributed by atoms with Crippen molar-refractivity contribution in [2.75, 3.05) is 5.32 Å². The molecule has 7 nitrogen and oxygen atoms in total. The Balaban J connectivity index is 1.84. The summed E-state index contributed by atoms with van der Waals surface area (Å²) in [5, 5.41) is 14.9. The van der Waals surface area contributed by atoms with Crippen LogP contribution in [0, 0.1) is 0 Å². The van der Waals surface area contributed by atoms with Crippen LogP contribution in [0.2, 0.25) is 0 Å². The van der Waals surface area contributed by atoms with E-state index in [2.05, 4.69) is 46.6 Å². The number of nitrogens with zero attached hydrogens (tertiary/aromatic N) is 3. The summed E-state index contributed by atoms with van der Waals surface area (Å²) in [6.07, 6.45) is 0. The molecule has 0 aliphatic heterocycles. The molecule has 92 valence electrons. The minimum absolute atomic E-state index is 0.208. The summed E-state index contributed by atoms with van der Waals surface area (Å²) in [7, 11) is 0. The summed E-state index contributed by atoms with van der Waals surface area (Å²) in [5.41, 5.74) is 0.191. The molecule has 0 saturated heterocycles. The summed E-state index contributed by atoms with van der Waals surface area (Å²) in [6, 6.07) is 2.00. The van der Waals surface area contributed by atoms with Crippen molar-refractivity contribution in [3.63, 3.8) is 0 Å². The first kappa shape index (κ1) is 11.4. The third-order valence-electron chi connectivity index (χ3n) is 2.25. The molecule has 0 fully saturated rings. The first-order valence-electron chi connectivity index (χ1n) is 5.00. The van der Waals surface area contributed by atoms with Gasteiger partial charge in [0.25, 0.3) is 5.56 Å². The summed E-state index contributed by atoms with van der Waals surface area (Å²) in [6.45, 7) is 0.586. The van der Waals surface area contributed by atoms with Gasteiger partial charge in [-0.25, -0.2) is 0 Å². The van der Waals surface area contributed by atoms with Crippen molar-refractivity contribution in [3.05, 3.63) is 31.2 Å². The van der Waals surface area contributed by atoms with Crippen LogP contribution in [0.15, 0.2) is 20.7 Å². The van der Waals surface area contributed by atoms with E-state index in [9.17, 15) is 4.79 Å². The van der Waals surface area contributed by atoms with E-state index in [1.165, 1.54) is 0 Å². The van der Waals surface area contributed by atoms with Gasteiger partial charge in [-0.05, 0) is 22.0 Å². The highest BCUT2D eigenvalue weighted by atomic mass is 79.9. The fourth-order valence-corrected chi connectivity index (χ4v) is 2.85. The number of hydrogen-bond donors (Lipinski definition) is 3. The molecule has 3 heterocycles. The van der Waals surface area contributed by atoms with Gasteiger partial charge >= 0.3 is 0 Å². The number of hydrogen-bond acceptors (Lipinski definition) is 6. The highest BCUT2D eigenvalue weighted by molar-refractivity contribution is 9.10. The second-order valence-electron chi connectivity index (χ2n) is 3.50. The Labute approximate surface area is 113 Å². The fraction of sp³-hybridized carbons (Fsp3) is 0.111. The Hall–Kier alpha value is -1.74. The number of aromatic amines is 2. The zero-order valence-electron chi connectivity index (χ0n) is 8.90. The van der Waals surface area contributed by atoms with Crippen LogP contribution in [0.3, 0.4) is 0 Å². The Kier molecular flexibility index (Phi) is 2.84. The predicted molar refractivity (Wildman–Crippen MR) is 71.7 cm³/mol. The number of rotatable bonds is 3. The van der Waals surface area contributed by atoms with E-state index in [0.717, 1.165) is 9.35 Å². The topological polar surface area (TPSA) is 99.4 Å². The molecule has 3 N–H and O–H groups in total. The molecule has 3 aromatic heterocycles. The predicted octanol–water partition coefficient (Wildman–Crippen LogP) is 1.48. The molecule has 0 aliphatic carbocycles. The molecule has 0 amide bonds. The van der Waals surface area contributed by atoms with Gasteiger partial charge in [0, 0.05) is 14.7 Å². The average molecular weight is 327 g/mol. The van der Waals surface area contributed by atoms with Crippen molar-refractivity contribution in [3.8, 4) is 0 Å². The van der Waals surface area contributed by atoms with Crippen molar-refractivity contribution in [2.24, 2.45) is 0 Å². The Bertz CT molecular complexity index is 747. The molecule has 0 spiro atoms. The third-order valence-corrected chi connectivity index (χ3v) is 3.94. The number of H-pyrrole nitrogens is 2. The number of nitrogens with one attached hydrogen (secondary N) is 3. The second kappa shape index (κ2) is 4.50. The first-order chi connectivity index (χ1) is 8.72. The highest BCUT2D eigenvalue weighted by Gasteiger charge is 2.07. The molecule has 0 saturated carbocycles. The van der Waals surface area contributed by atoms with Gasteiger partial charge in [-0.2, -0.15) is 10.2 Å². The lowest BCUT2D eigenvalue weighted by Crippen LogP contribution is -2.12. The Morgan fingerprint density at radius 2 is 2.33 bits per heavy atom. The minimum Gasteiger partial charge on any atom is -0.351 e. The van der Waals surface area contributed by atoms with Crippen LogP contribution in [0.4, 0.5) is 5.95 Å². The molecule has 0 aliphatic rings. The summed E-state index contributed by atoms with van der Waals surface area (Å²) < 4.78 is 1.04. The maximum absolute atomic E-state index is 11.6. The van der Waals surface area contributed by atoms with Gasteiger partial charge in [-0.3, -0.25) is 9.78 Å². The maximum atomic E-state index is 11.6. The van der Waals surface area contributed by atoms with Gasteiger partial charge in [-0.1, -0.05) is 0 Å². The lowest BCUT2D eigenvalue weighted by atomic mass is 10.4. The van der Waals surface area contributed by atoms with Crippen LogP contribution >= 0.6 is 27.3 Å². The van der Waals surface area contributed by atoms with Crippen LogP contribution in [0.5, 0.6) is 0 Å². The van der Waals surface area contributed by atoms with Crippen LogP contribution in [0.25, 0.3) is 11.2 Å². The standard InChI is InChI=1S/C9H7BrN6OS/c10-4-1-5(18-3-4)2-11-9-12-7-6(8(17)13-9)14-16-15-7/h1,3H,2H2,(H3,11,12,13,14,15,16,17). The molecule has 0 bridgehead atoms. The zero-order chi connectivity index (χ0) is 12.5. The monoisotopic (exact) mass is 326 g/mol. The van der Waals surface area contributed by atoms with Crippen LogP contribution < -0.4 is 10.9 Å². The van der Waals surface area contributed by atoms with Crippen molar-refractivity contribution in [1.82, 2.24) is 25.4 Å². The van der Waals surface area contributed by atoms with Gasteiger partial charge in [0.1, 0.15) is 0 Å². The molecule has 0 atom stereocenters. The molecule has 9 heteroatoms. The molecule has 3 aromatic rings. The highest BCUT2D eigenvalue weighted by Crippen LogP contribution is 2.20. The van der Waals surface area contributed by atoms with E-state index >= 15 is 0 Å². The van der Waals surface area contributed by atoms with Crippen molar-refractivity contribution < 1.29 is 0 Å². The van der Waals surface area contributed by atoms with Gasteiger partial charge in [0.05, 0.1) is 6.54 Å². The van der Waals surface area contributed by atoms with Crippen LogP contribution in [0.1, 0.15) is 4.88 Å². The number of anilines is 1. The van der Waals surface area contributed by atoms with Crippen LogP contribution in [-0.2, 0) is 6.54 Å². The van der Waals surface area contributed by atoms with E-state index in [-0.39, 0.29) is 11.1 Å². The minimum atomic E-state index is -0.316. The molecule has 0 radical (unpaired) electrons. The number of aromatic nitrogens is 5. The summed E-state index contributed by atoms with van der Waals surface area (Å²) in [4.78, 5) is 19.5. The van der Waals surface area contributed by atoms with Gasteiger partial charge < -0.3 is 5.32 Å². The SMILES string of the molecule is O=c1[nH]c(NCc2cc(Br)cs2)nc2n[nH]nc12. The van der Waals surface area contributed by atoms with E-state index in [4.69, 9.17) is 0 Å². The van der Waals surface area contributed by atoms with Crippen molar-refractivity contribution >= 4 is 44.4 Å². The van der Waals surface area contributed by atoms with E-state index < -0.39 is 0 Å². The Morgan fingerprint density at radius 3 is 3.11 bits per heavy atom. The third kappa shape index (κ3) is 2.14. The van der Waals surface area contributed by atoms with E-state index in [1.807, 2.05) is 11.4 Å². The van der Waals surface area contributed by atoms with E-state index in [1.54, 1.807) is 11.3 Å². The van der Waals surface area contributed by atoms with Gasteiger partial charge in [0.15, 0.2) is 5.52 Å². The summed E-state index contributed by atoms with van der Waals surface area (Å²) >= 11 is 5.00. The second-order valence-corrected chi connectivity index (χ2v) is 5.41. The molecular formula is C9H7BrN6OS. The lowest BCUT2D eigenvalue weighted by Gasteiger charge is -2.02. The largest absolute Gasteiger partial charge is 0.351 e. The number of fused-ring (bicyclic) bond motifs is 1. The average Bonchev–Trinajstić information content (AvgIpc) is 2.95. The molecular weight excluding hydrogens is 320 g/mol. The molecule has 0 aromatic carbocycles. The van der Waals surface area contributed by atoms with Gasteiger partial charge in [-0.15, -0.1) is 21.5 Å². The Morgan fingerprint density at radius 1 is 1.44 bits per heavy atom. The maximum Gasteiger partial charge on any atom is 0.282 e. The number of thiophene rings is 1. The molecule has 3 rings (SSSR count). The quantitative estimate of drug-likeness (QED) is 0.677. The van der Waals surface area contributed by atoms with Crippen molar-refractivity contribution in [1.29, 1.82) is 0 Å². The normalized spacial score (nSPS) is 10.9. The lowest BCUT2D eigenvalue weighted by molar-refractivity contribution is 0.953. The molecule has 0 unspecified atom stereocenters. The number of halogens is 1. The van der Waals surface area contributed by atoms with Gasteiger partial charge in [0.2, 0.25) is 11.6 Å². The fourth-order valence-electron chi connectivity index (χ4n) is 1.46. The smallest absolute Gasteiger partial charge is 0.282 e. The van der Waals surface area contributed by atoms with Crippen molar-refractivity contribution in [2.45, 2.75) is 6.54 Å². The van der Waals surface area contributed by atoms with E-state index in [0.29, 0.717) is 18.1 Å². The molecule has 18 heavy (non-hydrogen) atoms. The van der Waals surface area contributed by atoms with Crippen LogP contribution in [-0.4, -0.2) is 25.4 Å².